The van der Waals surface area contributed by atoms with Crippen molar-refractivity contribution in [2.45, 2.75) is 64.3 Å². The molecule has 0 amide bonds. The lowest BCUT2D eigenvalue weighted by molar-refractivity contribution is -0.136. The van der Waals surface area contributed by atoms with Crippen LogP contribution in [-0.2, 0) is 4.74 Å². The molecule has 0 saturated heterocycles. The third-order valence-electron chi connectivity index (χ3n) is 2.77. The average molecular weight is 255 g/mol. The van der Waals surface area contributed by atoms with Gasteiger partial charge in [0, 0.05) is 19.6 Å². The van der Waals surface area contributed by atoms with E-state index < -0.39 is 12.6 Å². The van der Waals surface area contributed by atoms with Gasteiger partial charge in [0.25, 0.3) is 0 Å². The van der Waals surface area contributed by atoms with Crippen LogP contribution in [0, 0.1) is 0 Å². The minimum absolute atomic E-state index is 0.00758. The van der Waals surface area contributed by atoms with Gasteiger partial charge >= 0.3 is 6.18 Å². The second-order valence-electron chi connectivity index (χ2n) is 4.23. The maximum absolute atomic E-state index is 12.1. The molecule has 0 rings (SSSR count). The minimum Gasteiger partial charge on any atom is -0.380 e. The largest absolute Gasteiger partial charge is 0.389 e. The Balaban J connectivity index is 4.12. The van der Waals surface area contributed by atoms with Crippen molar-refractivity contribution in [2.24, 2.45) is 0 Å². The first-order chi connectivity index (χ1) is 7.94. The number of methoxy groups -OCH3 is 1. The second kappa shape index (κ2) is 8.75. The quantitative estimate of drug-likeness (QED) is 0.680. The first kappa shape index (κ1) is 16.7. The van der Waals surface area contributed by atoms with E-state index in [1.807, 2.05) is 13.8 Å². The highest BCUT2D eigenvalue weighted by Gasteiger charge is 2.28. The van der Waals surface area contributed by atoms with Crippen LogP contribution in [0.5, 0.6) is 0 Å². The summed E-state index contributed by atoms with van der Waals surface area (Å²) in [5.41, 5.74) is 0. The zero-order valence-corrected chi connectivity index (χ0v) is 10.9. The fourth-order valence-electron chi connectivity index (χ4n) is 1.97. The lowest BCUT2D eigenvalue weighted by atomic mass is 10.00. The molecule has 0 aliphatic heterocycles. The van der Waals surface area contributed by atoms with Gasteiger partial charge in [-0.1, -0.05) is 20.3 Å². The van der Waals surface area contributed by atoms with Crippen molar-refractivity contribution < 1.29 is 17.9 Å². The Morgan fingerprint density at radius 1 is 1.18 bits per heavy atom. The van der Waals surface area contributed by atoms with Crippen molar-refractivity contribution >= 4 is 0 Å². The Morgan fingerprint density at radius 2 is 1.82 bits per heavy atom. The molecule has 0 aromatic carbocycles. The van der Waals surface area contributed by atoms with E-state index in [1.54, 1.807) is 7.11 Å². The van der Waals surface area contributed by atoms with Gasteiger partial charge in [-0.2, -0.15) is 13.2 Å². The van der Waals surface area contributed by atoms with Gasteiger partial charge in [-0.15, -0.1) is 0 Å². The number of nitrogens with one attached hydrogen (secondary N) is 1. The van der Waals surface area contributed by atoms with Crippen LogP contribution in [0.3, 0.4) is 0 Å². The maximum atomic E-state index is 12.1. The van der Waals surface area contributed by atoms with E-state index >= 15 is 0 Å². The number of ether oxygens (including phenoxy) is 1. The molecule has 2 unspecified atom stereocenters. The van der Waals surface area contributed by atoms with Crippen molar-refractivity contribution in [3.8, 4) is 0 Å². The Bertz CT molecular complexity index is 185. The lowest BCUT2D eigenvalue weighted by Crippen LogP contribution is -2.41. The minimum atomic E-state index is -4.05. The summed E-state index contributed by atoms with van der Waals surface area (Å²) in [6, 6.07) is 0.0206. The molecule has 0 aliphatic carbocycles. The summed E-state index contributed by atoms with van der Waals surface area (Å²) < 4.78 is 41.6. The zero-order chi connectivity index (χ0) is 13.3. The van der Waals surface area contributed by atoms with Gasteiger partial charge in [0.2, 0.25) is 0 Å². The molecule has 5 heteroatoms. The number of halogens is 3. The summed E-state index contributed by atoms with van der Waals surface area (Å²) >= 11 is 0. The summed E-state index contributed by atoms with van der Waals surface area (Å²) in [5, 5.41) is 3.21. The first-order valence-electron chi connectivity index (χ1n) is 6.27. The van der Waals surface area contributed by atoms with E-state index in [0.29, 0.717) is 6.42 Å². The molecule has 0 spiro atoms. The Morgan fingerprint density at radius 3 is 2.24 bits per heavy atom. The van der Waals surface area contributed by atoms with Gasteiger partial charge < -0.3 is 10.1 Å². The highest BCUT2D eigenvalue weighted by Crippen LogP contribution is 2.23. The van der Waals surface area contributed by atoms with Crippen molar-refractivity contribution in [1.29, 1.82) is 0 Å². The third kappa shape index (κ3) is 8.44. The molecule has 0 bridgehead atoms. The van der Waals surface area contributed by atoms with Crippen LogP contribution in [0.25, 0.3) is 0 Å². The molecule has 0 radical (unpaired) electrons. The molecule has 104 valence electrons. The third-order valence-corrected chi connectivity index (χ3v) is 2.77. The van der Waals surface area contributed by atoms with Crippen molar-refractivity contribution in [3.05, 3.63) is 0 Å². The highest BCUT2D eigenvalue weighted by molar-refractivity contribution is 4.76. The predicted molar refractivity (Wildman–Crippen MR) is 63.1 cm³/mol. The van der Waals surface area contributed by atoms with E-state index in [2.05, 4.69) is 5.32 Å². The Labute approximate surface area is 102 Å². The fraction of sp³-hybridized carbons (Fsp3) is 1.00. The Kier molecular flexibility index (Phi) is 8.60. The van der Waals surface area contributed by atoms with Crippen LogP contribution in [0.15, 0.2) is 0 Å². The molecule has 0 aromatic rings. The van der Waals surface area contributed by atoms with Crippen molar-refractivity contribution in [3.63, 3.8) is 0 Å². The van der Waals surface area contributed by atoms with Crippen molar-refractivity contribution in [2.75, 3.05) is 13.7 Å². The van der Waals surface area contributed by atoms with Crippen LogP contribution < -0.4 is 5.32 Å². The monoisotopic (exact) mass is 255 g/mol. The average Bonchev–Trinajstić information content (AvgIpc) is 2.23. The fourth-order valence-corrected chi connectivity index (χ4v) is 1.97. The smallest absolute Gasteiger partial charge is 0.380 e. The van der Waals surface area contributed by atoms with E-state index in [9.17, 15) is 13.2 Å². The van der Waals surface area contributed by atoms with Gasteiger partial charge in [0.15, 0.2) is 0 Å². The van der Waals surface area contributed by atoms with Crippen LogP contribution >= 0.6 is 0 Å². The molecular formula is C12H24F3NO. The van der Waals surface area contributed by atoms with Gasteiger partial charge in [-0.25, -0.2) is 0 Å². The molecular weight excluding hydrogens is 231 g/mol. The molecule has 0 aliphatic rings. The van der Waals surface area contributed by atoms with E-state index in [1.165, 1.54) is 0 Å². The lowest BCUT2D eigenvalue weighted by Gasteiger charge is -2.26. The van der Waals surface area contributed by atoms with Crippen LogP contribution in [-0.4, -0.2) is 32.0 Å². The number of rotatable bonds is 9. The van der Waals surface area contributed by atoms with Gasteiger partial charge in [-0.3, -0.25) is 0 Å². The molecule has 0 fully saturated rings. The Hall–Kier alpha value is -0.290. The number of likely N-dealkylation sites (N-methyl/N-ethyl adjacent to an activating group) is 1. The number of hydrogen-bond acceptors (Lipinski definition) is 2. The summed E-state index contributed by atoms with van der Waals surface area (Å²) in [7, 11) is 1.62. The van der Waals surface area contributed by atoms with E-state index in [4.69, 9.17) is 4.74 Å². The topological polar surface area (TPSA) is 21.3 Å². The molecule has 0 aromatic heterocycles. The SMILES string of the molecule is CCCC(OC)C(CCCC(F)(F)F)NCC. The van der Waals surface area contributed by atoms with Crippen LogP contribution in [0.4, 0.5) is 13.2 Å². The molecule has 0 heterocycles. The van der Waals surface area contributed by atoms with Gasteiger partial charge in [0.1, 0.15) is 0 Å². The number of hydrogen-bond donors (Lipinski definition) is 1. The zero-order valence-electron chi connectivity index (χ0n) is 10.9. The second-order valence-corrected chi connectivity index (χ2v) is 4.23. The number of alkyl halides is 3. The van der Waals surface area contributed by atoms with Gasteiger partial charge in [0.05, 0.1) is 6.10 Å². The summed E-state index contributed by atoms with van der Waals surface area (Å²) in [6.07, 6.45) is -2.24. The van der Waals surface area contributed by atoms with Crippen LogP contribution in [0.1, 0.15) is 46.0 Å². The molecule has 2 nitrogen and oxygen atoms in total. The van der Waals surface area contributed by atoms with Crippen molar-refractivity contribution in [1.82, 2.24) is 5.32 Å². The summed E-state index contributed by atoms with van der Waals surface area (Å²) in [6.45, 7) is 4.75. The highest BCUT2D eigenvalue weighted by atomic mass is 19.4. The summed E-state index contributed by atoms with van der Waals surface area (Å²) in [5.74, 6) is 0. The summed E-state index contributed by atoms with van der Waals surface area (Å²) in [4.78, 5) is 0. The standard InChI is InChI=1S/C12H24F3NO/c1-4-7-11(17-3)10(16-5-2)8-6-9-12(13,14)15/h10-11,16H,4-9H2,1-3H3. The normalized spacial score (nSPS) is 15.9. The molecule has 2 atom stereocenters. The van der Waals surface area contributed by atoms with E-state index in [-0.39, 0.29) is 18.6 Å². The van der Waals surface area contributed by atoms with Crippen LogP contribution in [0.2, 0.25) is 0 Å². The van der Waals surface area contributed by atoms with Gasteiger partial charge in [-0.05, 0) is 25.8 Å². The first-order valence-corrected chi connectivity index (χ1v) is 6.27. The van der Waals surface area contributed by atoms with E-state index in [0.717, 1.165) is 19.4 Å². The molecule has 17 heavy (non-hydrogen) atoms. The maximum Gasteiger partial charge on any atom is 0.389 e. The molecule has 1 N–H and O–H groups in total. The predicted octanol–water partition coefficient (Wildman–Crippen LogP) is 3.51. The molecule has 0 saturated carbocycles.